The molecule has 0 saturated heterocycles. The van der Waals surface area contributed by atoms with Crippen molar-refractivity contribution in [3.8, 4) is 0 Å². The van der Waals surface area contributed by atoms with E-state index in [1.165, 1.54) is 12.1 Å². The van der Waals surface area contributed by atoms with Crippen LogP contribution < -0.4 is 11.1 Å². The Balaban J connectivity index is 2.65. The summed E-state index contributed by atoms with van der Waals surface area (Å²) in [5.41, 5.74) is 7.06. The number of likely N-dealkylation sites (N-methyl/N-ethyl adjacent to an activating group) is 1. The minimum absolute atomic E-state index is 0.0366. The predicted molar refractivity (Wildman–Crippen MR) is 84.7 cm³/mol. The maximum Gasteiger partial charge on any atom is 0.238 e. The van der Waals surface area contributed by atoms with Crippen molar-refractivity contribution in [1.82, 2.24) is 4.90 Å². The highest BCUT2D eigenvalue weighted by Gasteiger charge is 2.21. The standard InChI is InChI=1S/C16H26FN3O/c1-5-20(11-16(3,4)10-18)9-15(21)19-14-8-13(17)7-6-12(14)2/h6-8H,5,9-11,18H2,1-4H3,(H,19,21). The molecule has 0 saturated carbocycles. The number of nitrogens with one attached hydrogen (secondary N) is 1. The summed E-state index contributed by atoms with van der Waals surface area (Å²) in [6.45, 7) is 10.3. The molecule has 0 aliphatic rings. The Morgan fingerprint density at radius 2 is 2.10 bits per heavy atom. The zero-order chi connectivity index (χ0) is 16.0. The molecular weight excluding hydrogens is 269 g/mol. The Bertz CT molecular complexity index is 488. The fourth-order valence-electron chi connectivity index (χ4n) is 2.07. The first-order valence-electron chi connectivity index (χ1n) is 7.26. The van der Waals surface area contributed by atoms with Crippen LogP contribution in [0.5, 0.6) is 0 Å². The predicted octanol–water partition coefficient (Wildman–Crippen LogP) is 2.38. The van der Waals surface area contributed by atoms with Crippen molar-refractivity contribution in [2.24, 2.45) is 11.1 Å². The van der Waals surface area contributed by atoms with Crippen LogP contribution in [-0.2, 0) is 4.79 Å². The lowest BCUT2D eigenvalue weighted by molar-refractivity contribution is -0.117. The van der Waals surface area contributed by atoms with Gasteiger partial charge in [0.25, 0.3) is 0 Å². The first kappa shape index (κ1) is 17.6. The minimum Gasteiger partial charge on any atom is -0.330 e. The van der Waals surface area contributed by atoms with Crippen molar-refractivity contribution >= 4 is 11.6 Å². The average Bonchev–Trinajstić information content (AvgIpc) is 2.42. The third-order valence-electron chi connectivity index (χ3n) is 3.49. The van der Waals surface area contributed by atoms with Gasteiger partial charge in [-0.1, -0.05) is 26.8 Å². The monoisotopic (exact) mass is 295 g/mol. The topological polar surface area (TPSA) is 58.4 Å². The number of hydrogen-bond acceptors (Lipinski definition) is 3. The Morgan fingerprint density at radius 1 is 1.43 bits per heavy atom. The van der Waals surface area contributed by atoms with Crippen LogP contribution >= 0.6 is 0 Å². The minimum atomic E-state index is -0.354. The number of carbonyl (C=O) groups excluding carboxylic acids is 1. The van der Waals surface area contributed by atoms with E-state index in [2.05, 4.69) is 19.2 Å². The molecule has 4 nitrogen and oxygen atoms in total. The number of halogens is 1. The SMILES string of the molecule is CCN(CC(=O)Nc1cc(F)ccc1C)CC(C)(C)CN. The van der Waals surface area contributed by atoms with Crippen molar-refractivity contribution in [2.75, 3.05) is 31.5 Å². The van der Waals surface area contributed by atoms with E-state index in [9.17, 15) is 9.18 Å². The van der Waals surface area contributed by atoms with Gasteiger partial charge in [-0.25, -0.2) is 4.39 Å². The molecule has 0 unspecified atom stereocenters. The highest BCUT2D eigenvalue weighted by molar-refractivity contribution is 5.92. The van der Waals surface area contributed by atoms with Gasteiger partial charge in [0, 0.05) is 12.2 Å². The third kappa shape index (κ3) is 5.81. The van der Waals surface area contributed by atoms with Gasteiger partial charge in [-0.3, -0.25) is 9.69 Å². The van der Waals surface area contributed by atoms with Gasteiger partial charge in [0.2, 0.25) is 5.91 Å². The number of nitrogens with zero attached hydrogens (tertiary/aromatic N) is 1. The zero-order valence-corrected chi connectivity index (χ0v) is 13.4. The van der Waals surface area contributed by atoms with E-state index in [-0.39, 0.29) is 23.7 Å². The molecule has 1 aromatic rings. The van der Waals surface area contributed by atoms with Crippen molar-refractivity contribution < 1.29 is 9.18 Å². The average molecular weight is 295 g/mol. The number of hydrogen-bond donors (Lipinski definition) is 2. The second kappa shape index (κ2) is 7.52. The third-order valence-corrected chi connectivity index (χ3v) is 3.49. The van der Waals surface area contributed by atoms with Gasteiger partial charge in [-0.2, -0.15) is 0 Å². The van der Waals surface area contributed by atoms with Crippen LogP contribution in [0.2, 0.25) is 0 Å². The summed E-state index contributed by atoms with van der Waals surface area (Å²) >= 11 is 0. The molecule has 0 aliphatic carbocycles. The normalized spacial score (nSPS) is 11.8. The van der Waals surface area contributed by atoms with Gasteiger partial charge >= 0.3 is 0 Å². The molecule has 3 N–H and O–H groups in total. The number of amides is 1. The fraction of sp³-hybridized carbons (Fsp3) is 0.562. The van der Waals surface area contributed by atoms with Gasteiger partial charge < -0.3 is 11.1 Å². The first-order chi connectivity index (χ1) is 9.77. The quantitative estimate of drug-likeness (QED) is 0.812. The molecule has 0 atom stereocenters. The lowest BCUT2D eigenvalue weighted by Crippen LogP contribution is -2.42. The summed E-state index contributed by atoms with van der Waals surface area (Å²) in [6.07, 6.45) is 0. The van der Waals surface area contributed by atoms with Gasteiger partial charge in [-0.15, -0.1) is 0 Å². The molecule has 118 valence electrons. The molecule has 0 bridgehead atoms. The first-order valence-corrected chi connectivity index (χ1v) is 7.26. The zero-order valence-electron chi connectivity index (χ0n) is 13.4. The number of aryl methyl sites for hydroxylation is 1. The van der Waals surface area contributed by atoms with E-state index < -0.39 is 0 Å². The van der Waals surface area contributed by atoms with Gasteiger partial charge in [0.15, 0.2) is 0 Å². The maximum atomic E-state index is 13.2. The van der Waals surface area contributed by atoms with E-state index >= 15 is 0 Å². The number of anilines is 1. The van der Waals surface area contributed by atoms with E-state index in [1.807, 2.05) is 18.7 Å². The molecule has 1 aromatic carbocycles. The van der Waals surface area contributed by atoms with E-state index in [1.54, 1.807) is 6.07 Å². The van der Waals surface area contributed by atoms with E-state index in [4.69, 9.17) is 5.73 Å². The molecule has 21 heavy (non-hydrogen) atoms. The summed E-state index contributed by atoms with van der Waals surface area (Å²) in [5.74, 6) is -0.495. The Morgan fingerprint density at radius 3 is 2.67 bits per heavy atom. The Kier molecular flexibility index (Phi) is 6.30. The van der Waals surface area contributed by atoms with E-state index in [0.29, 0.717) is 12.2 Å². The van der Waals surface area contributed by atoms with Crippen LogP contribution in [0, 0.1) is 18.2 Å². The molecular formula is C16H26FN3O. The molecule has 0 radical (unpaired) electrons. The van der Waals surface area contributed by atoms with Crippen molar-refractivity contribution in [3.05, 3.63) is 29.6 Å². The number of carbonyl (C=O) groups is 1. The fourth-order valence-corrected chi connectivity index (χ4v) is 2.07. The van der Waals surface area contributed by atoms with Crippen LogP contribution in [0.25, 0.3) is 0 Å². The van der Waals surface area contributed by atoms with Crippen LogP contribution in [0.4, 0.5) is 10.1 Å². The number of rotatable bonds is 7. The Hall–Kier alpha value is -1.46. The highest BCUT2D eigenvalue weighted by Crippen LogP contribution is 2.17. The lowest BCUT2D eigenvalue weighted by Gasteiger charge is -2.30. The van der Waals surface area contributed by atoms with Gasteiger partial charge in [0.1, 0.15) is 5.82 Å². The molecule has 0 spiro atoms. The van der Waals surface area contributed by atoms with Crippen molar-refractivity contribution in [3.63, 3.8) is 0 Å². The Labute approximate surface area is 126 Å². The largest absolute Gasteiger partial charge is 0.330 e. The molecule has 0 fully saturated rings. The van der Waals surface area contributed by atoms with Crippen molar-refractivity contribution in [2.45, 2.75) is 27.7 Å². The number of benzene rings is 1. The smallest absolute Gasteiger partial charge is 0.238 e. The molecule has 0 aliphatic heterocycles. The van der Waals surface area contributed by atoms with E-state index in [0.717, 1.165) is 18.7 Å². The lowest BCUT2D eigenvalue weighted by atomic mass is 9.93. The second-order valence-corrected chi connectivity index (χ2v) is 6.18. The summed E-state index contributed by atoms with van der Waals surface area (Å²) in [4.78, 5) is 14.2. The number of nitrogens with two attached hydrogens (primary N) is 1. The summed E-state index contributed by atoms with van der Waals surface area (Å²) in [6, 6.07) is 4.38. The summed E-state index contributed by atoms with van der Waals surface area (Å²) in [5, 5.41) is 2.77. The summed E-state index contributed by atoms with van der Waals surface area (Å²) < 4.78 is 13.2. The van der Waals surface area contributed by atoms with Crippen LogP contribution in [-0.4, -0.2) is 37.0 Å². The molecule has 1 amide bonds. The highest BCUT2D eigenvalue weighted by atomic mass is 19.1. The van der Waals surface area contributed by atoms with Crippen molar-refractivity contribution in [1.29, 1.82) is 0 Å². The molecule has 0 aromatic heterocycles. The van der Waals surface area contributed by atoms with Gasteiger partial charge in [0.05, 0.1) is 6.54 Å². The summed E-state index contributed by atoms with van der Waals surface area (Å²) in [7, 11) is 0. The molecule has 5 heteroatoms. The second-order valence-electron chi connectivity index (χ2n) is 6.18. The molecule has 1 rings (SSSR count). The van der Waals surface area contributed by atoms with Crippen LogP contribution in [0.3, 0.4) is 0 Å². The van der Waals surface area contributed by atoms with Crippen LogP contribution in [0.15, 0.2) is 18.2 Å². The van der Waals surface area contributed by atoms with Crippen LogP contribution in [0.1, 0.15) is 26.3 Å². The molecule has 0 heterocycles. The van der Waals surface area contributed by atoms with Gasteiger partial charge in [-0.05, 0) is 43.1 Å². The maximum absolute atomic E-state index is 13.2.